The van der Waals surface area contributed by atoms with E-state index in [4.69, 9.17) is 4.84 Å². The van der Waals surface area contributed by atoms with E-state index in [9.17, 15) is 39.9 Å². The number of quaternary nitrogens is 1. The molecule has 1 aromatic heterocycles. The van der Waals surface area contributed by atoms with E-state index in [1.807, 2.05) is 19.2 Å². The van der Waals surface area contributed by atoms with Crippen molar-refractivity contribution >= 4 is 17.4 Å². The Bertz CT molecular complexity index is 949. The van der Waals surface area contributed by atoms with Gasteiger partial charge in [0.25, 0.3) is 5.91 Å². The summed E-state index contributed by atoms with van der Waals surface area (Å²) in [6.45, 7) is 5.54. The number of aryl methyl sites for hydroxylation is 1. The van der Waals surface area contributed by atoms with Crippen molar-refractivity contribution in [2.45, 2.75) is 38.8 Å². The third kappa shape index (κ3) is 5.51. The molecule has 0 saturated carbocycles. The molecular formula is C19H20F8N3O2+. The lowest BCUT2D eigenvalue weighted by Crippen LogP contribution is -2.76. The summed E-state index contributed by atoms with van der Waals surface area (Å²) >= 11 is 0. The third-order valence-electron chi connectivity index (χ3n) is 3.95. The highest BCUT2D eigenvalue weighted by Gasteiger charge is 2.73. The second kappa shape index (κ2) is 10.2. The van der Waals surface area contributed by atoms with Gasteiger partial charge in [-0.05, 0) is 18.6 Å². The van der Waals surface area contributed by atoms with E-state index in [-0.39, 0.29) is 17.8 Å². The molecule has 1 amide bonds. The van der Waals surface area contributed by atoms with Crippen LogP contribution in [-0.4, -0.2) is 30.1 Å². The molecular weight excluding hydrogens is 454 g/mol. The van der Waals surface area contributed by atoms with Gasteiger partial charge in [-0.2, -0.15) is 36.2 Å². The van der Waals surface area contributed by atoms with E-state index in [2.05, 4.69) is 4.98 Å². The highest BCUT2D eigenvalue weighted by molar-refractivity contribution is 6.05. The van der Waals surface area contributed by atoms with Crippen molar-refractivity contribution in [1.82, 2.24) is 4.98 Å². The van der Waals surface area contributed by atoms with Crippen LogP contribution in [0.25, 0.3) is 0 Å². The molecule has 2 aromatic rings. The highest BCUT2D eigenvalue weighted by Crippen LogP contribution is 2.51. The number of amides is 1. The normalized spacial score (nSPS) is 12.1. The van der Waals surface area contributed by atoms with Gasteiger partial charge in [0.2, 0.25) is 0 Å². The van der Waals surface area contributed by atoms with Crippen LogP contribution in [0.4, 0.5) is 46.6 Å². The number of anilines is 1. The summed E-state index contributed by atoms with van der Waals surface area (Å²) < 4.78 is 104. The van der Waals surface area contributed by atoms with Gasteiger partial charge in [-0.3, -0.25) is 4.79 Å². The Morgan fingerprint density at radius 2 is 1.66 bits per heavy atom. The number of benzene rings is 1. The fourth-order valence-corrected chi connectivity index (χ4v) is 2.33. The maximum absolute atomic E-state index is 14.1. The van der Waals surface area contributed by atoms with Crippen molar-refractivity contribution in [2.75, 3.05) is 12.4 Å². The van der Waals surface area contributed by atoms with Gasteiger partial charge in [-0.25, -0.2) is 14.2 Å². The highest BCUT2D eigenvalue weighted by atomic mass is 19.4. The molecule has 0 spiro atoms. The Hall–Kier alpha value is -2.80. The minimum absolute atomic E-state index is 0.0278. The summed E-state index contributed by atoms with van der Waals surface area (Å²) in [7, 11) is 1.36. The van der Waals surface area contributed by atoms with E-state index >= 15 is 0 Å². The van der Waals surface area contributed by atoms with E-state index in [0.717, 1.165) is 0 Å². The Morgan fingerprint density at radius 1 is 1.06 bits per heavy atom. The number of pyridine rings is 1. The average molecular weight is 474 g/mol. The first kappa shape index (κ1) is 27.2. The predicted molar refractivity (Wildman–Crippen MR) is 98.2 cm³/mol. The number of halogens is 8. The van der Waals surface area contributed by atoms with Crippen molar-refractivity contribution in [3.63, 3.8) is 0 Å². The summed E-state index contributed by atoms with van der Waals surface area (Å²) in [6.07, 6.45) is -6.65. The van der Waals surface area contributed by atoms with Gasteiger partial charge < -0.3 is 5.32 Å². The molecule has 0 atom stereocenters. The molecule has 178 valence electrons. The van der Waals surface area contributed by atoms with Crippen molar-refractivity contribution in [1.29, 1.82) is 0 Å². The van der Waals surface area contributed by atoms with Crippen LogP contribution in [0.15, 0.2) is 30.5 Å². The zero-order chi connectivity index (χ0) is 24.9. The lowest BCUT2D eigenvalue weighted by Gasteiger charge is -2.28. The Kier molecular flexibility index (Phi) is 8.69. The van der Waals surface area contributed by atoms with E-state index in [1.54, 1.807) is 6.07 Å². The summed E-state index contributed by atoms with van der Waals surface area (Å²) in [5.74, 6) is -15.8. The van der Waals surface area contributed by atoms with Crippen LogP contribution in [0.2, 0.25) is 0 Å². The Balaban J connectivity index is 0.00000249. The molecule has 1 aromatic carbocycles. The SMILES string of the molecule is CC.CO[NH2+]c1ccc(C)c(C(=O)Nc2ncc(C(F)(F)C(F)(F)C(F)(F)F)cc2F)c1. The number of nitrogens with zero attached hydrogens (tertiary/aromatic N) is 1. The molecule has 0 aliphatic heterocycles. The second-order valence-corrected chi connectivity index (χ2v) is 6.08. The molecule has 13 heteroatoms. The van der Waals surface area contributed by atoms with Crippen molar-refractivity contribution in [3.8, 4) is 0 Å². The first-order chi connectivity index (χ1) is 14.7. The smallest absolute Gasteiger partial charge is 0.304 e. The number of rotatable bonds is 6. The molecule has 0 bridgehead atoms. The molecule has 0 radical (unpaired) electrons. The van der Waals surface area contributed by atoms with Crippen LogP contribution in [0.1, 0.15) is 35.3 Å². The zero-order valence-electron chi connectivity index (χ0n) is 17.3. The maximum atomic E-state index is 14.1. The van der Waals surface area contributed by atoms with E-state index < -0.39 is 41.1 Å². The number of alkyl halides is 7. The zero-order valence-corrected chi connectivity index (χ0v) is 17.3. The molecule has 1 heterocycles. The fraction of sp³-hybridized carbons (Fsp3) is 0.368. The third-order valence-corrected chi connectivity index (χ3v) is 3.95. The van der Waals surface area contributed by atoms with Gasteiger partial charge in [0.1, 0.15) is 0 Å². The average Bonchev–Trinajstić information content (AvgIpc) is 2.71. The first-order valence-corrected chi connectivity index (χ1v) is 8.98. The van der Waals surface area contributed by atoms with Crippen LogP contribution >= 0.6 is 0 Å². The molecule has 0 fully saturated rings. The molecule has 3 N–H and O–H groups in total. The van der Waals surface area contributed by atoms with Crippen LogP contribution in [0.3, 0.4) is 0 Å². The fourth-order valence-electron chi connectivity index (χ4n) is 2.33. The van der Waals surface area contributed by atoms with Crippen LogP contribution < -0.4 is 10.8 Å². The Labute approximate surface area is 177 Å². The van der Waals surface area contributed by atoms with Crippen LogP contribution in [0.5, 0.6) is 0 Å². The summed E-state index contributed by atoms with van der Waals surface area (Å²) in [5, 5.41) is 1.95. The van der Waals surface area contributed by atoms with Crippen LogP contribution in [0, 0.1) is 12.7 Å². The molecule has 0 aliphatic carbocycles. The number of nitrogens with one attached hydrogen (secondary N) is 1. The topological polar surface area (TPSA) is 67.8 Å². The molecule has 0 aliphatic rings. The number of aromatic nitrogens is 1. The monoisotopic (exact) mass is 474 g/mol. The van der Waals surface area contributed by atoms with E-state index in [1.165, 1.54) is 31.6 Å². The van der Waals surface area contributed by atoms with Gasteiger partial charge in [0, 0.05) is 29.5 Å². The molecule has 0 unspecified atom stereocenters. The van der Waals surface area contributed by atoms with Crippen molar-refractivity contribution in [3.05, 3.63) is 53.0 Å². The largest absolute Gasteiger partial charge is 0.460 e. The molecule has 5 nitrogen and oxygen atoms in total. The number of hydrogen-bond acceptors (Lipinski definition) is 3. The van der Waals surface area contributed by atoms with Gasteiger partial charge >= 0.3 is 18.0 Å². The number of carbonyl (C=O) groups is 1. The first-order valence-electron chi connectivity index (χ1n) is 8.98. The maximum Gasteiger partial charge on any atom is 0.460 e. The van der Waals surface area contributed by atoms with Gasteiger partial charge in [-0.1, -0.05) is 19.9 Å². The molecule has 0 saturated heterocycles. The minimum atomic E-state index is -6.58. The Morgan fingerprint density at radius 3 is 2.16 bits per heavy atom. The van der Waals surface area contributed by atoms with Crippen molar-refractivity contribution < 1.29 is 50.2 Å². The summed E-state index contributed by atoms with van der Waals surface area (Å²) in [6, 6.07) is 4.25. The standard InChI is InChI=1S/C17H13F8N3O2.C2H6/c1-8-3-4-10(28-30-2)6-11(8)14(29)27-13-12(18)5-9(7-26-13)15(19,20)16(21,22)17(23,24)25;1-2/h3-7,28H,1-2H3,(H,26,27,29);1-2H3/p+1. The number of carbonyl (C=O) groups excluding carboxylic acids is 1. The summed E-state index contributed by atoms with van der Waals surface area (Å²) in [5.41, 5.74) is 0.223. The van der Waals surface area contributed by atoms with Gasteiger partial charge in [0.05, 0.1) is 7.11 Å². The lowest BCUT2D eigenvalue weighted by molar-refractivity contribution is -0.830. The predicted octanol–water partition coefficient (Wildman–Crippen LogP) is 4.85. The van der Waals surface area contributed by atoms with Gasteiger partial charge in [0.15, 0.2) is 17.3 Å². The summed E-state index contributed by atoms with van der Waals surface area (Å²) in [4.78, 5) is 20.2. The second-order valence-electron chi connectivity index (χ2n) is 6.08. The molecule has 2 rings (SSSR count). The van der Waals surface area contributed by atoms with Gasteiger partial charge in [-0.15, -0.1) is 0 Å². The van der Waals surface area contributed by atoms with Crippen LogP contribution in [-0.2, 0) is 10.8 Å². The molecule has 32 heavy (non-hydrogen) atoms. The number of nitrogens with two attached hydrogens (primary N) is 1. The quantitative estimate of drug-likeness (QED) is 0.357. The van der Waals surface area contributed by atoms with E-state index in [0.29, 0.717) is 11.3 Å². The number of hydrogen-bond donors (Lipinski definition) is 2. The van der Waals surface area contributed by atoms with Crippen molar-refractivity contribution in [2.24, 2.45) is 0 Å². The minimum Gasteiger partial charge on any atom is -0.304 e. The lowest BCUT2D eigenvalue weighted by atomic mass is 10.0.